The zero-order chi connectivity index (χ0) is 24.7. The van der Waals surface area contributed by atoms with Crippen molar-refractivity contribution in [2.75, 3.05) is 60.7 Å². The lowest BCUT2D eigenvalue weighted by Gasteiger charge is -2.40. The summed E-state index contributed by atoms with van der Waals surface area (Å²) in [7, 11) is 4.65. The van der Waals surface area contributed by atoms with Gasteiger partial charge in [0.1, 0.15) is 6.61 Å². The van der Waals surface area contributed by atoms with E-state index in [4.69, 9.17) is 18.9 Å². The molecule has 2 aliphatic rings. The number of hydrogen-bond donors (Lipinski definition) is 0. The second-order valence-corrected chi connectivity index (χ2v) is 8.85. The fourth-order valence-electron chi connectivity index (χ4n) is 4.93. The van der Waals surface area contributed by atoms with Crippen molar-refractivity contribution in [1.29, 1.82) is 0 Å². The van der Waals surface area contributed by atoms with Crippen LogP contribution in [-0.4, -0.2) is 88.3 Å². The topological polar surface area (TPSA) is 94.6 Å². The van der Waals surface area contributed by atoms with Crippen LogP contribution in [0.2, 0.25) is 0 Å². The molecule has 2 amide bonds. The molecule has 0 N–H and O–H groups in total. The van der Waals surface area contributed by atoms with E-state index in [-0.39, 0.29) is 42.1 Å². The van der Waals surface area contributed by atoms with Crippen LogP contribution in [0.25, 0.3) is 0 Å². The first kappa shape index (κ1) is 25.8. The van der Waals surface area contributed by atoms with Crippen molar-refractivity contribution in [2.45, 2.75) is 32.1 Å². The van der Waals surface area contributed by atoms with Gasteiger partial charge in [-0.1, -0.05) is 6.07 Å². The maximum atomic E-state index is 13.6. The second kappa shape index (κ2) is 12.1. The van der Waals surface area contributed by atoms with E-state index in [1.54, 1.807) is 30.9 Å². The SMILES string of the molecule is CCOC(=O)[C@@H]1CCCN(C(=O)[C@H]2C[C@@H](c3ccc(OC)c(OC)c3)CN(C(=O)COC)C2)C1. The van der Waals surface area contributed by atoms with Gasteiger partial charge in [-0.05, 0) is 43.9 Å². The van der Waals surface area contributed by atoms with Gasteiger partial charge in [-0.25, -0.2) is 0 Å². The van der Waals surface area contributed by atoms with Gasteiger partial charge in [0.15, 0.2) is 11.5 Å². The Morgan fingerprint density at radius 3 is 2.38 bits per heavy atom. The van der Waals surface area contributed by atoms with Gasteiger partial charge in [0.25, 0.3) is 0 Å². The largest absolute Gasteiger partial charge is 0.493 e. The fourth-order valence-corrected chi connectivity index (χ4v) is 4.93. The van der Waals surface area contributed by atoms with E-state index >= 15 is 0 Å². The summed E-state index contributed by atoms with van der Waals surface area (Å²) in [6, 6.07) is 5.71. The van der Waals surface area contributed by atoms with E-state index in [9.17, 15) is 14.4 Å². The van der Waals surface area contributed by atoms with Crippen LogP contribution in [0.15, 0.2) is 18.2 Å². The Balaban J connectivity index is 1.81. The number of nitrogens with zero attached hydrogens (tertiary/aromatic N) is 2. The van der Waals surface area contributed by atoms with Gasteiger partial charge in [-0.3, -0.25) is 14.4 Å². The summed E-state index contributed by atoms with van der Waals surface area (Å²) >= 11 is 0. The molecule has 9 heteroatoms. The number of esters is 1. The molecule has 1 aromatic rings. The van der Waals surface area contributed by atoms with E-state index in [1.165, 1.54) is 7.11 Å². The highest BCUT2D eigenvalue weighted by atomic mass is 16.5. The Kier molecular flexibility index (Phi) is 9.15. The molecule has 2 heterocycles. The minimum Gasteiger partial charge on any atom is -0.493 e. The number of methoxy groups -OCH3 is 3. The molecule has 34 heavy (non-hydrogen) atoms. The van der Waals surface area contributed by atoms with Crippen molar-refractivity contribution in [3.05, 3.63) is 23.8 Å². The van der Waals surface area contributed by atoms with Crippen LogP contribution >= 0.6 is 0 Å². The number of carbonyl (C=O) groups is 3. The van der Waals surface area contributed by atoms with Crippen LogP contribution in [0.3, 0.4) is 0 Å². The smallest absolute Gasteiger partial charge is 0.310 e. The lowest BCUT2D eigenvalue weighted by atomic mass is 9.83. The number of likely N-dealkylation sites (tertiary alicyclic amines) is 2. The molecule has 1 aromatic carbocycles. The molecule has 2 aliphatic heterocycles. The minimum absolute atomic E-state index is 0.0191. The number of rotatable bonds is 8. The number of ether oxygens (including phenoxy) is 4. The van der Waals surface area contributed by atoms with Gasteiger partial charge in [0.2, 0.25) is 11.8 Å². The first-order chi connectivity index (χ1) is 16.4. The standard InChI is InChI=1S/C25H36N2O7/c1-5-34-25(30)18-7-6-10-26(13-18)24(29)20-11-19(14-27(15-20)23(28)16-31-2)17-8-9-21(32-3)22(12-17)33-4/h8-9,12,18-20H,5-7,10-11,13-16H2,1-4H3/t18-,19-,20+/m1/s1. The average Bonchev–Trinajstić information content (AvgIpc) is 2.87. The van der Waals surface area contributed by atoms with Gasteiger partial charge < -0.3 is 28.7 Å². The van der Waals surface area contributed by atoms with E-state index in [2.05, 4.69) is 0 Å². The Morgan fingerprint density at radius 1 is 0.971 bits per heavy atom. The molecule has 0 aliphatic carbocycles. The van der Waals surface area contributed by atoms with Crippen LogP contribution in [0, 0.1) is 11.8 Å². The van der Waals surface area contributed by atoms with Crippen LogP contribution in [0.4, 0.5) is 0 Å². The van der Waals surface area contributed by atoms with Crippen molar-refractivity contribution in [3.8, 4) is 11.5 Å². The fraction of sp³-hybridized carbons (Fsp3) is 0.640. The number of hydrogen-bond acceptors (Lipinski definition) is 7. The molecule has 0 aromatic heterocycles. The maximum Gasteiger partial charge on any atom is 0.310 e. The number of amides is 2. The summed E-state index contributed by atoms with van der Waals surface area (Å²) in [5.41, 5.74) is 0.980. The summed E-state index contributed by atoms with van der Waals surface area (Å²) in [6.45, 7) is 3.88. The predicted molar refractivity (Wildman–Crippen MR) is 125 cm³/mol. The first-order valence-electron chi connectivity index (χ1n) is 11.9. The minimum atomic E-state index is -0.367. The maximum absolute atomic E-state index is 13.6. The predicted octanol–water partition coefficient (Wildman–Crippen LogP) is 2.08. The van der Waals surface area contributed by atoms with Crippen LogP contribution in [0.5, 0.6) is 11.5 Å². The molecular formula is C25H36N2O7. The highest BCUT2D eigenvalue weighted by Crippen LogP contribution is 2.36. The van der Waals surface area contributed by atoms with Crippen molar-refractivity contribution < 1.29 is 33.3 Å². The lowest BCUT2D eigenvalue weighted by Crippen LogP contribution is -2.52. The third kappa shape index (κ3) is 6.00. The molecule has 3 rings (SSSR count). The first-order valence-corrected chi connectivity index (χ1v) is 11.9. The Hall–Kier alpha value is -2.81. The van der Waals surface area contributed by atoms with Gasteiger partial charge in [-0.2, -0.15) is 0 Å². The van der Waals surface area contributed by atoms with Crippen LogP contribution in [-0.2, 0) is 23.9 Å². The highest BCUT2D eigenvalue weighted by molar-refractivity contribution is 5.83. The van der Waals surface area contributed by atoms with Gasteiger partial charge in [0.05, 0.1) is 32.7 Å². The monoisotopic (exact) mass is 476 g/mol. The normalized spacial score (nSPS) is 22.8. The van der Waals surface area contributed by atoms with Gasteiger partial charge in [0, 0.05) is 39.2 Å². The molecule has 2 fully saturated rings. The second-order valence-electron chi connectivity index (χ2n) is 8.85. The highest BCUT2D eigenvalue weighted by Gasteiger charge is 2.38. The molecule has 0 unspecified atom stereocenters. The van der Waals surface area contributed by atoms with Crippen molar-refractivity contribution in [2.24, 2.45) is 11.8 Å². The van der Waals surface area contributed by atoms with E-state index in [1.807, 2.05) is 18.2 Å². The summed E-state index contributed by atoms with van der Waals surface area (Å²) in [6.07, 6.45) is 2.08. The lowest BCUT2D eigenvalue weighted by molar-refractivity contribution is -0.152. The van der Waals surface area contributed by atoms with Crippen molar-refractivity contribution in [3.63, 3.8) is 0 Å². The molecule has 0 radical (unpaired) electrons. The summed E-state index contributed by atoms with van der Waals surface area (Å²) in [5.74, 6) is 0.111. The van der Waals surface area contributed by atoms with E-state index in [0.717, 1.165) is 18.4 Å². The third-order valence-corrected chi connectivity index (χ3v) is 6.65. The number of piperidine rings is 2. The molecule has 0 bridgehead atoms. The Labute approximate surface area is 201 Å². The summed E-state index contributed by atoms with van der Waals surface area (Å²) < 4.78 is 21.1. The van der Waals surface area contributed by atoms with Crippen molar-refractivity contribution in [1.82, 2.24) is 9.80 Å². The molecule has 3 atom stereocenters. The molecule has 2 saturated heterocycles. The Bertz CT molecular complexity index is 875. The summed E-state index contributed by atoms with van der Waals surface area (Å²) in [4.78, 5) is 42.0. The zero-order valence-electron chi connectivity index (χ0n) is 20.6. The third-order valence-electron chi connectivity index (χ3n) is 6.65. The van der Waals surface area contributed by atoms with E-state index < -0.39 is 0 Å². The molecule has 0 saturated carbocycles. The van der Waals surface area contributed by atoms with E-state index in [0.29, 0.717) is 50.7 Å². The molecule has 188 valence electrons. The molecular weight excluding hydrogens is 440 g/mol. The quantitative estimate of drug-likeness (QED) is 0.530. The molecule has 0 spiro atoms. The van der Waals surface area contributed by atoms with Crippen LogP contribution in [0.1, 0.15) is 37.7 Å². The molecule has 9 nitrogen and oxygen atoms in total. The van der Waals surface area contributed by atoms with Gasteiger partial charge in [-0.15, -0.1) is 0 Å². The summed E-state index contributed by atoms with van der Waals surface area (Å²) in [5, 5.41) is 0. The van der Waals surface area contributed by atoms with Crippen molar-refractivity contribution >= 4 is 17.8 Å². The average molecular weight is 477 g/mol. The Morgan fingerprint density at radius 2 is 1.71 bits per heavy atom. The van der Waals surface area contributed by atoms with Gasteiger partial charge >= 0.3 is 5.97 Å². The number of carbonyl (C=O) groups excluding carboxylic acids is 3. The number of benzene rings is 1. The zero-order valence-corrected chi connectivity index (χ0v) is 20.6. The van der Waals surface area contributed by atoms with Crippen LogP contribution < -0.4 is 9.47 Å².